The van der Waals surface area contributed by atoms with Crippen molar-refractivity contribution in [2.75, 3.05) is 17.2 Å². The van der Waals surface area contributed by atoms with Crippen LogP contribution < -0.4 is 4.90 Å². The predicted molar refractivity (Wildman–Crippen MR) is 107 cm³/mol. The van der Waals surface area contributed by atoms with E-state index in [-0.39, 0.29) is 17.7 Å². The van der Waals surface area contributed by atoms with Crippen LogP contribution in [0.1, 0.15) is 29.5 Å². The maximum atomic E-state index is 13.7. The molecule has 0 radical (unpaired) electrons. The Bertz CT molecular complexity index is 939. The number of benzene rings is 2. The molecule has 5 rings (SSSR count). The zero-order chi connectivity index (χ0) is 18.6. The second-order valence-corrected chi connectivity index (χ2v) is 8.94. The van der Waals surface area contributed by atoms with E-state index in [4.69, 9.17) is 0 Å². The summed E-state index contributed by atoms with van der Waals surface area (Å²) >= 11 is 1.62. The van der Waals surface area contributed by atoms with Gasteiger partial charge in [-0.25, -0.2) is 0 Å². The van der Waals surface area contributed by atoms with Crippen LogP contribution >= 0.6 is 11.8 Å². The molecule has 0 bridgehead atoms. The number of amides is 2. The van der Waals surface area contributed by atoms with Crippen molar-refractivity contribution in [2.24, 2.45) is 5.92 Å². The number of hydrogen-bond donors (Lipinski definition) is 0. The molecule has 1 saturated carbocycles. The maximum Gasteiger partial charge on any atom is 0.268 e. The van der Waals surface area contributed by atoms with Gasteiger partial charge in [0.05, 0.1) is 12.2 Å². The average Bonchev–Trinajstić information content (AvgIpc) is 3.39. The van der Waals surface area contributed by atoms with Crippen molar-refractivity contribution in [3.8, 4) is 0 Å². The lowest BCUT2D eigenvalue weighted by Crippen LogP contribution is -2.50. The monoisotopic (exact) mass is 378 g/mol. The first-order valence-electron chi connectivity index (χ1n) is 9.54. The molecule has 2 amide bonds. The lowest BCUT2D eigenvalue weighted by Gasteiger charge is -2.33. The van der Waals surface area contributed by atoms with Gasteiger partial charge in [-0.05, 0) is 31.4 Å². The number of carbonyl (C=O) groups excluding carboxylic acids is 2. The minimum absolute atomic E-state index is 0.0294. The molecule has 138 valence electrons. The number of carbonyl (C=O) groups is 2. The van der Waals surface area contributed by atoms with E-state index in [1.54, 1.807) is 11.8 Å². The van der Waals surface area contributed by atoms with Gasteiger partial charge >= 0.3 is 0 Å². The van der Waals surface area contributed by atoms with E-state index in [0.717, 1.165) is 35.4 Å². The number of para-hydroxylation sites is 1. The molecule has 1 spiro atoms. The molecule has 2 aromatic rings. The molecular weight excluding hydrogens is 356 g/mol. The summed E-state index contributed by atoms with van der Waals surface area (Å²) in [6.45, 7) is 3.25. The van der Waals surface area contributed by atoms with Gasteiger partial charge in [-0.1, -0.05) is 48.0 Å². The van der Waals surface area contributed by atoms with E-state index in [1.165, 1.54) is 5.56 Å². The van der Waals surface area contributed by atoms with E-state index in [1.807, 2.05) is 40.1 Å². The summed E-state index contributed by atoms with van der Waals surface area (Å²) in [5.74, 6) is 1.10. The fourth-order valence-electron chi connectivity index (χ4n) is 4.29. The molecule has 1 unspecified atom stereocenters. The number of thioether (sulfide) groups is 1. The summed E-state index contributed by atoms with van der Waals surface area (Å²) < 4.78 is 0. The third-order valence-electron chi connectivity index (χ3n) is 5.72. The molecule has 2 aliphatic heterocycles. The second kappa shape index (κ2) is 6.13. The molecule has 1 aliphatic carbocycles. The van der Waals surface area contributed by atoms with Crippen LogP contribution in [0.15, 0.2) is 48.5 Å². The van der Waals surface area contributed by atoms with Gasteiger partial charge in [-0.15, -0.1) is 11.8 Å². The number of fused-ring (bicyclic) bond motifs is 2. The Morgan fingerprint density at radius 1 is 1.19 bits per heavy atom. The zero-order valence-corrected chi connectivity index (χ0v) is 16.2. The molecule has 0 aromatic heterocycles. The Balaban J connectivity index is 1.58. The summed E-state index contributed by atoms with van der Waals surface area (Å²) in [6, 6.07) is 16.3. The first-order valence-corrected chi connectivity index (χ1v) is 10.5. The molecule has 1 atom stereocenters. The van der Waals surface area contributed by atoms with E-state index in [9.17, 15) is 9.59 Å². The quantitative estimate of drug-likeness (QED) is 0.818. The first kappa shape index (κ1) is 16.9. The highest BCUT2D eigenvalue weighted by Crippen LogP contribution is 2.55. The van der Waals surface area contributed by atoms with Crippen LogP contribution in [0.5, 0.6) is 0 Å². The molecule has 5 heteroatoms. The summed E-state index contributed by atoms with van der Waals surface area (Å²) in [4.78, 5) is 29.6. The number of anilines is 1. The summed E-state index contributed by atoms with van der Waals surface area (Å²) in [6.07, 6.45) is 1.91. The first-order chi connectivity index (χ1) is 13.1. The van der Waals surface area contributed by atoms with Gasteiger partial charge in [0, 0.05) is 23.8 Å². The second-order valence-electron chi connectivity index (χ2n) is 7.65. The smallest absolute Gasteiger partial charge is 0.268 e. The molecule has 4 nitrogen and oxygen atoms in total. The lowest BCUT2D eigenvalue weighted by molar-refractivity contribution is -0.141. The topological polar surface area (TPSA) is 40.6 Å². The van der Waals surface area contributed by atoms with Crippen LogP contribution in [-0.2, 0) is 21.0 Å². The molecule has 27 heavy (non-hydrogen) atoms. The molecule has 0 N–H and O–H groups in total. The lowest BCUT2D eigenvalue weighted by atomic mass is 10.1. The van der Waals surface area contributed by atoms with Gasteiger partial charge in [0.25, 0.3) is 5.91 Å². The summed E-state index contributed by atoms with van der Waals surface area (Å²) in [5, 5.41) is 0. The van der Waals surface area contributed by atoms with Gasteiger partial charge in [-0.3, -0.25) is 9.59 Å². The highest BCUT2D eigenvalue weighted by atomic mass is 32.2. The van der Waals surface area contributed by atoms with Crippen molar-refractivity contribution >= 4 is 29.3 Å². The van der Waals surface area contributed by atoms with Crippen molar-refractivity contribution in [3.05, 3.63) is 65.2 Å². The van der Waals surface area contributed by atoms with Crippen LogP contribution in [0.3, 0.4) is 0 Å². The minimum Gasteiger partial charge on any atom is -0.315 e. The van der Waals surface area contributed by atoms with Crippen molar-refractivity contribution < 1.29 is 9.59 Å². The third-order valence-corrected chi connectivity index (χ3v) is 7.14. The van der Waals surface area contributed by atoms with Crippen molar-refractivity contribution in [2.45, 2.75) is 31.2 Å². The summed E-state index contributed by atoms with van der Waals surface area (Å²) in [7, 11) is 0. The fourth-order valence-corrected chi connectivity index (χ4v) is 5.76. The van der Waals surface area contributed by atoms with Crippen LogP contribution in [-0.4, -0.2) is 29.0 Å². The number of nitrogens with zero attached hydrogens (tertiary/aromatic N) is 2. The Labute approximate surface area is 163 Å². The van der Waals surface area contributed by atoms with E-state index in [2.05, 4.69) is 25.1 Å². The van der Waals surface area contributed by atoms with Gasteiger partial charge in [0.2, 0.25) is 5.91 Å². The molecule has 2 aromatic carbocycles. The molecule has 3 aliphatic rings. The van der Waals surface area contributed by atoms with Crippen LogP contribution in [0.2, 0.25) is 0 Å². The fraction of sp³-hybridized carbons (Fsp3) is 0.364. The highest BCUT2D eigenvalue weighted by molar-refractivity contribution is 8.01. The Hall–Kier alpha value is -2.27. The molecule has 2 heterocycles. The minimum atomic E-state index is -0.875. The summed E-state index contributed by atoms with van der Waals surface area (Å²) in [5.41, 5.74) is 4.20. The highest BCUT2D eigenvalue weighted by Gasteiger charge is 2.60. The molecular formula is C22H22N2O2S. The van der Waals surface area contributed by atoms with Gasteiger partial charge < -0.3 is 9.80 Å². The average molecular weight is 378 g/mol. The van der Waals surface area contributed by atoms with Crippen LogP contribution in [0.25, 0.3) is 0 Å². The van der Waals surface area contributed by atoms with E-state index >= 15 is 0 Å². The Morgan fingerprint density at radius 3 is 2.78 bits per heavy atom. The largest absolute Gasteiger partial charge is 0.315 e. The normalized spacial score (nSPS) is 24.0. The number of aryl methyl sites for hydroxylation is 1. The zero-order valence-electron chi connectivity index (χ0n) is 15.4. The number of hydrogen-bond acceptors (Lipinski definition) is 3. The van der Waals surface area contributed by atoms with Crippen molar-refractivity contribution in [3.63, 3.8) is 0 Å². The van der Waals surface area contributed by atoms with E-state index < -0.39 is 4.87 Å². The standard InChI is InChI=1S/C22H22N2O2S/c1-15-5-4-6-16(13-15)14-23-19-8-3-2-7-18(19)22(21(23)26)24(11-12-27-22)20(25)17-9-10-17/h2-8,13,17H,9-12,14H2,1H3. The van der Waals surface area contributed by atoms with Crippen molar-refractivity contribution in [1.82, 2.24) is 4.90 Å². The Morgan fingerprint density at radius 2 is 2.00 bits per heavy atom. The van der Waals surface area contributed by atoms with Crippen LogP contribution in [0.4, 0.5) is 5.69 Å². The third kappa shape index (κ3) is 2.52. The van der Waals surface area contributed by atoms with Gasteiger partial charge in [0.1, 0.15) is 0 Å². The van der Waals surface area contributed by atoms with Gasteiger partial charge in [-0.2, -0.15) is 0 Å². The molecule has 1 saturated heterocycles. The SMILES string of the molecule is Cc1cccc(CN2C(=O)C3(SCCN3C(=O)C3CC3)c3ccccc32)c1. The van der Waals surface area contributed by atoms with Crippen molar-refractivity contribution in [1.29, 1.82) is 0 Å². The van der Waals surface area contributed by atoms with Crippen LogP contribution in [0, 0.1) is 12.8 Å². The maximum absolute atomic E-state index is 13.7. The van der Waals surface area contributed by atoms with E-state index in [0.29, 0.717) is 13.1 Å². The predicted octanol–water partition coefficient (Wildman–Crippen LogP) is 3.68. The Kier molecular flexibility index (Phi) is 3.83. The molecule has 2 fully saturated rings. The number of rotatable bonds is 3. The van der Waals surface area contributed by atoms with Gasteiger partial charge in [0.15, 0.2) is 4.87 Å².